The molecule has 0 saturated carbocycles. The van der Waals surface area contributed by atoms with Gasteiger partial charge >= 0.3 is 0 Å². The molecule has 0 fully saturated rings. The predicted molar refractivity (Wildman–Crippen MR) is 134 cm³/mol. The molecule has 2 heterocycles. The number of rotatable bonds is 7. The number of amides is 1. The number of hydrogen-bond donors (Lipinski definition) is 0. The van der Waals surface area contributed by atoms with Crippen LogP contribution in [-0.2, 0) is 0 Å². The number of hydrogen-bond acceptors (Lipinski definition) is 4. The van der Waals surface area contributed by atoms with E-state index in [1.54, 1.807) is 29.2 Å². The van der Waals surface area contributed by atoms with Crippen molar-refractivity contribution in [3.05, 3.63) is 105 Å². The van der Waals surface area contributed by atoms with Crippen LogP contribution in [0.25, 0.3) is 11.0 Å². The van der Waals surface area contributed by atoms with Crippen LogP contribution in [0.1, 0.15) is 59.5 Å². The Balaban J connectivity index is 1.61. The van der Waals surface area contributed by atoms with E-state index in [1.807, 2.05) is 55.5 Å². The van der Waals surface area contributed by atoms with Crippen LogP contribution in [0.3, 0.4) is 0 Å². The van der Waals surface area contributed by atoms with Gasteiger partial charge in [-0.15, -0.1) is 0 Å². The molecule has 1 unspecified atom stereocenters. The zero-order chi connectivity index (χ0) is 23.7. The van der Waals surface area contributed by atoms with Crippen LogP contribution in [0.4, 0.5) is 5.69 Å². The molecule has 0 aliphatic carbocycles. The van der Waals surface area contributed by atoms with Gasteiger partial charge in [0.05, 0.1) is 23.6 Å². The Morgan fingerprint density at radius 3 is 2.50 bits per heavy atom. The lowest BCUT2D eigenvalue weighted by atomic mass is 9.98. The summed E-state index contributed by atoms with van der Waals surface area (Å²) in [5.41, 5.74) is 3.20. The summed E-state index contributed by atoms with van der Waals surface area (Å²) in [6.45, 7) is 4.81. The Labute approximate surface area is 198 Å². The van der Waals surface area contributed by atoms with E-state index in [0.717, 1.165) is 41.8 Å². The second-order valence-corrected chi connectivity index (χ2v) is 8.71. The summed E-state index contributed by atoms with van der Waals surface area (Å²) < 4.78 is 11.9. The van der Waals surface area contributed by atoms with Gasteiger partial charge in [-0.1, -0.05) is 56.2 Å². The quantitative estimate of drug-likeness (QED) is 0.303. The molecule has 34 heavy (non-hydrogen) atoms. The molecular formula is C29H27NO4. The van der Waals surface area contributed by atoms with Crippen molar-refractivity contribution in [2.24, 2.45) is 0 Å². The molecule has 1 aliphatic heterocycles. The Morgan fingerprint density at radius 1 is 0.941 bits per heavy atom. The minimum atomic E-state index is -0.584. The van der Waals surface area contributed by atoms with Gasteiger partial charge in [0.15, 0.2) is 5.43 Å². The summed E-state index contributed by atoms with van der Waals surface area (Å²) in [4.78, 5) is 28.9. The molecule has 0 radical (unpaired) electrons. The molecule has 4 aromatic rings. The average Bonchev–Trinajstić information content (AvgIpc) is 3.15. The fourth-order valence-electron chi connectivity index (χ4n) is 4.57. The summed E-state index contributed by atoms with van der Waals surface area (Å²) in [7, 11) is 0. The first-order valence-electron chi connectivity index (χ1n) is 11.8. The molecule has 1 aromatic heterocycles. The number of fused-ring (bicyclic) bond motifs is 2. The zero-order valence-corrected chi connectivity index (χ0v) is 19.4. The highest BCUT2D eigenvalue weighted by Crippen LogP contribution is 2.41. The highest BCUT2D eigenvalue weighted by molar-refractivity contribution is 6.10. The van der Waals surface area contributed by atoms with Gasteiger partial charge in [0.2, 0.25) is 5.76 Å². The summed E-state index contributed by atoms with van der Waals surface area (Å²) >= 11 is 0. The molecule has 5 heteroatoms. The molecule has 0 N–H and O–H groups in total. The molecule has 1 amide bonds. The van der Waals surface area contributed by atoms with Crippen molar-refractivity contribution in [2.45, 2.75) is 39.2 Å². The molecule has 5 rings (SSSR count). The first-order valence-corrected chi connectivity index (χ1v) is 11.8. The lowest BCUT2D eigenvalue weighted by Gasteiger charge is -2.25. The van der Waals surface area contributed by atoms with E-state index < -0.39 is 6.04 Å². The van der Waals surface area contributed by atoms with Crippen LogP contribution >= 0.6 is 0 Å². The number of unbranched alkanes of at least 4 members (excludes halogenated alkanes) is 2. The second kappa shape index (κ2) is 9.18. The highest BCUT2D eigenvalue weighted by atomic mass is 16.5. The fraction of sp³-hybridized carbons (Fsp3) is 0.241. The zero-order valence-electron chi connectivity index (χ0n) is 19.4. The summed E-state index contributed by atoms with van der Waals surface area (Å²) in [6.07, 6.45) is 3.29. The van der Waals surface area contributed by atoms with Gasteiger partial charge in [0.1, 0.15) is 11.3 Å². The lowest BCUT2D eigenvalue weighted by molar-refractivity contribution is 0.0971. The van der Waals surface area contributed by atoms with Gasteiger partial charge in [-0.2, -0.15) is 0 Å². The summed E-state index contributed by atoms with van der Waals surface area (Å²) in [6, 6.07) is 21.9. The van der Waals surface area contributed by atoms with E-state index >= 15 is 0 Å². The minimum Gasteiger partial charge on any atom is -0.494 e. The van der Waals surface area contributed by atoms with Crippen LogP contribution in [0, 0.1) is 6.92 Å². The summed E-state index contributed by atoms with van der Waals surface area (Å²) in [5.74, 6) is 0.570. The van der Waals surface area contributed by atoms with E-state index in [-0.39, 0.29) is 17.1 Å². The number of aryl methyl sites for hydroxylation is 1. The maximum absolute atomic E-state index is 13.6. The van der Waals surface area contributed by atoms with Gasteiger partial charge in [0.25, 0.3) is 5.91 Å². The largest absolute Gasteiger partial charge is 0.494 e. The van der Waals surface area contributed by atoms with E-state index in [2.05, 4.69) is 6.92 Å². The third-order valence-corrected chi connectivity index (χ3v) is 6.27. The molecule has 1 atom stereocenters. The van der Waals surface area contributed by atoms with Gasteiger partial charge in [-0.25, -0.2) is 0 Å². The van der Waals surface area contributed by atoms with E-state index in [9.17, 15) is 9.59 Å². The van der Waals surface area contributed by atoms with Gasteiger partial charge in [-0.05, 0) is 60.9 Å². The average molecular weight is 454 g/mol. The van der Waals surface area contributed by atoms with Crippen LogP contribution in [0.5, 0.6) is 5.75 Å². The molecule has 172 valence electrons. The second-order valence-electron chi connectivity index (χ2n) is 8.71. The Morgan fingerprint density at radius 2 is 1.74 bits per heavy atom. The molecule has 0 saturated heterocycles. The third-order valence-electron chi connectivity index (χ3n) is 6.27. The molecule has 5 nitrogen and oxygen atoms in total. The maximum Gasteiger partial charge on any atom is 0.295 e. The van der Waals surface area contributed by atoms with Gasteiger partial charge in [-0.3, -0.25) is 14.5 Å². The smallest absolute Gasteiger partial charge is 0.295 e. The van der Waals surface area contributed by atoms with Crippen LogP contribution in [-0.4, -0.2) is 12.5 Å². The van der Waals surface area contributed by atoms with Crippen molar-refractivity contribution in [1.82, 2.24) is 0 Å². The highest BCUT2D eigenvalue weighted by Gasteiger charge is 2.43. The Bertz CT molecular complexity index is 1400. The molecular weight excluding hydrogens is 426 g/mol. The van der Waals surface area contributed by atoms with Crippen molar-refractivity contribution in [2.75, 3.05) is 11.5 Å². The molecule has 0 bridgehead atoms. The fourth-order valence-corrected chi connectivity index (χ4v) is 4.57. The standard InChI is InChI=1S/C29H27NO4/c1-3-4-7-17-33-22-15-13-20(14-16-22)26-25-27(31)23-11-5-6-12-24(23)34-28(25)29(32)30(26)21-10-8-9-19(2)18-21/h5-6,8-16,18,26H,3-4,7,17H2,1-2H3. The summed E-state index contributed by atoms with van der Waals surface area (Å²) in [5, 5.41) is 0.473. The number of ether oxygens (including phenoxy) is 1. The van der Waals surface area contributed by atoms with E-state index in [1.165, 1.54) is 0 Å². The van der Waals surface area contributed by atoms with Crippen molar-refractivity contribution in [3.63, 3.8) is 0 Å². The molecule has 1 aliphatic rings. The minimum absolute atomic E-state index is 0.107. The number of para-hydroxylation sites is 1. The van der Waals surface area contributed by atoms with Crippen molar-refractivity contribution in [1.29, 1.82) is 0 Å². The lowest BCUT2D eigenvalue weighted by Crippen LogP contribution is -2.29. The topological polar surface area (TPSA) is 59.8 Å². The van der Waals surface area contributed by atoms with Crippen LogP contribution < -0.4 is 15.1 Å². The van der Waals surface area contributed by atoms with Crippen molar-refractivity contribution < 1.29 is 13.9 Å². The number of carbonyl (C=O) groups is 1. The maximum atomic E-state index is 13.6. The first kappa shape index (κ1) is 22.0. The van der Waals surface area contributed by atoms with Crippen LogP contribution in [0.15, 0.2) is 82.0 Å². The number of carbonyl (C=O) groups excluding carboxylic acids is 1. The van der Waals surface area contributed by atoms with Crippen molar-refractivity contribution >= 4 is 22.6 Å². The van der Waals surface area contributed by atoms with Gasteiger partial charge in [0, 0.05) is 5.69 Å². The van der Waals surface area contributed by atoms with Crippen LogP contribution in [0.2, 0.25) is 0 Å². The molecule has 0 spiro atoms. The third kappa shape index (κ3) is 3.87. The SMILES string of the molecule is CCCCCOc1ccc(C2c3c(oc4ccccc4c3=O)C(=O)N2c2cccc(C)c2)cc1. The van der Waals surface area contributed by atoms with E-state index in [0.29, 0.717) is 23.1 Å². The number of anilines is 1. The van der Waals surface area contributed by atoms with E-state index in [4.69, 9.17) is 9.15 Å². The normalized spacial score (nSPS) is 15.1. The monoisotopic (exact) mass is 453 g/mol. The predicted octanol–water partition coefficient (Wildman–Crippen LogP) is 6.42. The Hall–Kier alpha value is -3.86. The molecule has 3 aromatic carbocycles. The number of benzene rings is 3. The Kier molecular flexibility index (Phi) is 5.93. The van der Waals surface area contributed by atoms with Gasteiger partial charge < -0.3 is 9.15 Å². The first-order chi connectivity index (χ1) is 16.6. The van der Waals surface area contributed by atoms with Crippen molar-refractivity contribution in [3.8, 4) is 5.75 Å². The number of nitrogens with zero attached hydrogens (tertiary/aromatic N) is 1.